The number of sulfonamides is 4. The number of non-ortho nitro benzene ring substituents is 1. The van der Waals surface area contributed by atoms with Crippen LogP contribution >= 0.6 is 0 Å². The van der Waals surface area contributed by atoms with Crippen molar-refractivity contribution in [3.05, 3.63) is 46.5 Å². The summed E-state index contributed by atoms with van der Waals surface area (Å²) in [5.41, 5.74) is 5.98. The van der Waals surface area contributed by atoms with E-state index in [0.29, 0.717) is 17.2 Å². The number of nitrogens with two attached hydrogens (primary N) is 1. The van der Waals surface area contributed by atoms with Gasteiger partial charge in [0.15, 0.2) is 23.0 Å². The van der Waals surface area contributed by atoms with Crippen molar-refractivity contribution in [1.82, 2.24) is 17.2 Å². The van der Waals surface area contributed by atoms with Gasteiger partial charge in [-0.1, -0.05) is 0 Å². The number of hydrogen-bond acceptors (Lipinski definition) is 15. The summed E-state index contributed by atoms with van der Waals surface area (Å²) < 4.78 is 117. The van der Waals surface area contributed by atoms with Crippen LogP contribution in [0.4, 0.5) is 11.4 Å². The quantitative estimate of drug-likeness (QED) is 0.0984. The number of ether oxygens (including phenoxy) is 4. The van der Waals surface area contributed by atoms with Gasteiger partial charge in [-0.2, -0.15) is 0 Å². The zero-order valence-electron chi connectivity index (χ0n) is 30.3. The largest absolute Gasteiger partial charge is 0.488 e. The van der Waals surface area contributed by atoms with Crippen molar-refractivity contribution in [1.29, 1.82) is 0 Å². The predicted molar refractivity (Wildman–Crippen MR) is 196 cm³/mol. The first-order valence-corrected chi connectivity index (χ1v) is 22.5. The van der Waals surface area contributed by atoms with Crippen LogP contribution in [0.2, 0.25) is 0 Å². The Kier molecular flexibility index (Phi) is 18.0. The first kappa shape index (κ1) is 46.5. The van der Waals surface area contributed by atoms with Gasteiger partial charge in [0, 0.05) is 72.2 Å². The number of nitro benzene ring substituents is 1. The second-order valence-corrected chi connectivity index (χ2v) is 19.7. The Labute approximate surface area is 306 Å². The van der Waals surface area contributed by atoms with Crippen molar-refractivity contribution in [2.75, 3.05) is 112 Å². The van der Waals surface area contributed by atoms with Gasteiger partial charge in [-0.05, 0) is 18.2 Å². The smallest absolute Gasteiger partial charge is 0.273 e. The molecule has 2 N–H and O–H groups in total. The van der Waals surface area contributed by atoms with Crippen LogP contribution < -0.4 is 24.7 Å². The first-order chi connectivity index (χ1) is 23.7. The van der Waals surface area contributed by atoms with E-state index in [-0.39, 0.29) is 69.8 Å². The lowest BCUT2D eigenvalue weighted by Crippen LogP contribution is -2.30. The normalized spacial score (nSPS) is 12.5. The van der Waals surface area contributed by atoms with E-state index < -0.39 is 45.0 Å². The van der Waals surface area contributed by atoms with Crippen LogP contribution in [0.25, 0.3) is 0 Å². The van der Waals surface area contributed by atoms with Gasteiger partial charge in [0.1, 0.15) is 26.4 Å². The van der Waals surface area contributed by atoms with E-state index in [1.807, 2.05) is 0 Å². The number of hydrogen-bond donors (Lipinski definition) is 1. The van der Waals surface area contributed by atoms with Gasteiger partial charge in [0.25, 0.3) is 5.69 Å². The number of likely N-dealkylation sites (N-methyl/N-ethyl adjacent to an activating group) is 4. The second-order valence-electron chi connectivity index (χ2n) is 11.3. The van der Waals surface area contributed by atoms with Crippen LogP contribution in [0.1, 0.15) is 0 Å². The highest BCUT2D eigenvalue weighted by molar-refractivity contribution is 7.89. The Hall–Kier alpha value is -3.52. The molecule has 0 spiro atoms. The first-order valence-electron chi connectivity index (χ1n) is 15.1. The molecule has 0 amide bonds. The molecule has 2 aromatic rings. The highest BCUT2D eigenvalue weighted by atomic mass is 32.2. The van der Waals surface area contributed by atoms with Gasteiger partial charge in [-0.3, -0.25) is 10.1 Å². The molecule has 298 valence electrons. The number of nitrogen functional groups attached to an aromatic ring is 1. The summed E-state index contributed by atoms with van der Waals surface area (Å²) in [6, 6.07) is 8.54. The van der Waals surface area contributed by atoms with Crippen LogP contribution in [-0.4, -0.2) is 162 Å². The Morgan fingerprint density at radius 2 is 0.827 bits per heavy atom. The molecule has 24 heteroatoms. The molecule has 0 atom stereocenters. The van der Waals surface area contributed by atoms with Gasteiger partial charge >= 0.3 is 0 Å². The molecule has 0 heterocycles. The third-order valence-electron chi connectivity index (χ3n) is 7.03. The molecule has 0 unspecified atom stereocenters. The van der Waals surface area contributed by atoms with Crippen molar-refractivity contribution in [3.8, 4) is 23.0 Å². The Morgan fingerprint density at radius 1 is 0.538 bits per heavy atom. The lowest BCUT2D eigenvalue weighted by Gasteiger charge is -2.18. The fourth-order valence-electron chi connectivity index (χ4n) is 3.40. The third-order valence-corrected chi connectivity index (χ3v) is 12.3. The minimum absolute atomic E-state index is 0.000975. The van der Waals surface area contributed by atoms with Crippen molar-refractivity contribution in [2.24, 2.45) is 0 Å². The molecule has 0 aliphatic heterocycles. The fourth-order valence-corrected chi connectivity index (χ4v) is 5.02. The summed E-state index contributed by atoms with van der Waals surface area (Å²) in [5, 5.41) is 10.9. The Balaban J connectivity index is 0.000000522. The van der Waals surface area contributed by atoms with Crippen LogP contribution in [0.5, 0.6) is 23.0 Å². The number of benzene rings is 2. The third kappa shape index (κ3) is 17.3. The molecule has 0 radical (unpaired) electrons. The average molecular weight is 821 g/mol. The maximum absolute atomic E-state index is 11.4. The Bertz CT molecular complexity index is 1930. The molecular formula is C28H48N6O14S4. The van der Waals surface area contributed by atoms with E-state index in [9.17, 15) is 43.8 Å². The van der Waals surface area contributed by atoms with Crippen molar-refractivity contribution < 1.29 is 57.5 Å². The van der Waals surface area contributed by atoms with Gasteiger partial charge < -0.3 is 24.7 Å². The second kappa shape index (κ2) is 20.1. The summed E-state index contributed by atoms with van der Waals surface area (Å²) in [5.74, 6) is 1.01. The van der Waals surface area contributed by atoms with E-state index in [0.717, 1.165) is 39.7 Å². The molecule has 52 heavy (non-hydrogen) atoms. The molecular weight excluding hydrogens is 773 g/mol. The van der Waals surface area contributed by atoms with Gasteiger partial charge in [-0.25, -0.2) is 50.9 Å². The SMILES string of the molecule is CN(CCOc1ccc(N)cc1OCCN(C)S(C)(=O)=O)S(C)(=O)=O.CN(CCOc1ccc([N+](=O)[O-])cc1OCCN(C)S(C)(=O)=O)S(C)(=O)=O. The van der Waals surface area contributed by atoms with E-state index in [1.54, 1.807) is 18.2 Å². The predicted octanol–water partition coefficient (Wildman–Crippen LogP) is -0.0556. The van der Waals surface area contributed by atoms with Gasteiger partial charge in [-0.15, -0.1) is 0 Å². The topological polar surface area (TPSA) is 256 Å². The highest BCUT2D eigenvalue weighted by Crippen LogP contribution is 2.32. The molecule has 0 saturated heterocycles. The molecule has 0 bridgehead atoms. The number of anilines is 1. The molecule has 0 aliphatic rings. The fraction of sp³-hybridized carbons (Fsp3) is 0.571. The molecule has 2 rings (SSSR count). The molecule has 2 aromatic carbocycles. The number of nitrogens with zero attached hydrogens (tertiary/aromatic N) is 5. The Morgan fingerprint density at radius 3 is 1.13 bits per heavy atom. The maximum Gasteiger partial charge on any atom is 0.273 e. The van der Waals surface area contributed by atoms with Crippen molar-refractivity contribution in [2.45, 2.75) is 0 Å². The zero-order chi connectivity index (χ0) is 40.1. The molecule has 0 aromatic heterocycles. The lowest BCUT2D eigenvalue weighted by atomic mass is 10.3. The van der Waals surface area contributed by atoms with E-state index in [2.05, 4.69) is 0 Å². The maximum atomic E-state index is 11.4. The molecule has 0 fully saturated rings. The molecule has 20 nitrogen and oxygen atoms in total. The summed E-state index contributed by atoms with van der Waals surface area (Å²) in [6.07, 6.45) is 4.34. The summed E-state index contributed by atoms with van der Waals surface area (Å²) in [7, 11) is -7.59. The average Bonchev–Trinajstić information content (AvgIpc) is 3.00. The van der Waals surface area contributed by atoms with Gasteiger partial charge in [0.05, 0.1) is 36.0 Å². The van der Waals surface area contributed by atoms with Crippen LogP contribution in [-0.2, 0) is 40.1 Å². The standard InChI is InChI=1S/C14H23N3O8S2.C14H25N3O6S2/c1-15(26(3,20)21)7-9-24-13-6-5-12(17(18)19)11-14(13)25-10-8-16(2)27(4,22)23;1-16(24(3,18)19)7-9-22-13-6-5-12(15)11-14(13)23-10-8-17(2)25(4,20)21/h5-6,11H,7-10H2,1-4H3;5-6,11H,7-10,15H2,1-4H3. The van der Waals surface area contributed by atoms with Crippen LogP contribution in [0.3, 0.4) is 0 Å². The number of rotatable bonds is 21. The monoisotopic (exact) mass is 820 g/mol. The summed E-state index contributed by atoms with van der Waals surface area (Å²) >= 11 is 0. The van der Waals surface area contributed by atoms with E-state index in [4.69, 9.17) is 24.7 Å². The van der Waals surface area contributed by atoms with E-state index >= 15 is 0 Å². The summed E-state index contributed by atoms with van der Waals surface area (Å²) in [4.78, 5) is 10.3. The minimum Gasteiger partial charge on any atom is -0.488 e. The van der Waals surface area contributed by atoms with Crippen molar-refractivity contribution in [3.63, 3.8) is 0 Å². The van der Waals surface area contributed by atoms with Crippen molar-refractivity contribution >= 4 is 51.5 Å². The summed E-state index contributed by atoms with van der Waals surface area (Å²) in [6.45, 7) is 0.665. The van der Waals surface area contributed by atoms with Gasteiger partial charge in [0.2, 0.25) is 40.1 Å². The highest BCUT2D eigenvalue weighted by Gasteiger charge is 2.17. The minimum atomic E-state index is -3.38. The van der Waals surface area contributed by atoms with E-state index in [1.165, 1.54) is 48.9 Å². The lowest BCUT2D eigenvalue weighted by molar-refractivity contribution is -0.385. The van der Waals surface area contributed by atoms with Crippen LogP contribution in [0, 0.1) is 10.1 Å². The number of nitro groups is 1. The zero-order valence-corrected chi connectivity index (χ0v) is 33.5. The molecule has 0 aliphatic carbocycles. The molecule has 0 saturated carbocycles. The van der Waals surface area contributed by atoms with Crippen LogP contribution in [0.15, 0.2) is 36.4 Å².